The molecule has 2 aromatic carbocycles. The van der Waals surface area contributed by atoms with E-state index in [1.165, 1.54) is 12.1 Å². The Hall–Kier alpha value is -3.48. The number of nitrogens with zero attached hydrogens (tertiary/aromatic N) is 3. The van der Waals surface area contributed by atoms with Gasteiger partial charge in [0.05, 0.1) is 23.1 Å². The Morgan fingerprint density at radius 2 is 1.96 bits per heavy atom. The van der Waals surface area contributed by atoms with E-state index in [9.17, 15) is 8.78 Å². The molecule has 0 radical (unpaired) electrons. The van der Waals surface area contributed by atoms with Crippen LogP contribution < -0.4 is 10.1 Å². The molecule has 0 saturated heterocycles. The molecule has 0 spiro atoms. The molecule has 0 saturated carbocycles. The summed E-state index contributed by atoms with van der Waals surface area (Å²) in [6.45, 7) is 2.05. The average molecular weight is 380 g/mol. The molecule has 0 bridgehead atoms. The third-order valence-electron chi connectivity index (χ3n) is 4.49. The maximum atomic E-state index is 14.1. The Kier molecular flexibility index (Phi) is 4.65. The highest BCUT2D eigenvalue weighted by molar-refractivity contribution is 5.88. The van der Waals surface area contributed by atoms with Gasteiger partial charge in [-0.1, -0.05) is 12.1 Å². The molecule has 0 fully saturated rings. The Labute approximate surface area is 160 Å². The molecule has 0 aliphatic rings. The minimum absolute atomic E-state index is 0.188. The van der Waals surface area contributed by atoms with Crippen molar-refractivity contribution in [2.24, 2.45) is 0 Å². The fourth-order valence-corrected chi connectivity index (χ4v) is 3.13. The van der Waals surface area contributed by atoms with Crippen LogP contribution in [0.3, 0.4) is 0 Å². The van der Waals surface area contributed by atoms with E-state index < -0.39 is 11.6 Å². The first-order valence-electron chi connectivity index (χ1n) is 8.77. The molecule has 0 aliphatic carbocycles. The average Bonchev–Trinajstić information content (AvgIpc) is 3.01. The third-order valence-corrected chi connectivity index (χ3v) is 4.49. The van der Waals surface area contributed by atoms with Crippen LogP contribution in [0.15, 0.2) is 54.7 Å². The maximum absolute atomic E-state index is 14.1. The molecule has 2 aromatic heterocycles. The van der Waals surface area contributed by atoms with Gasteiger partial charge in [0.1, 0.15) is 17.4 Å². The monoisotopic (exact) mass is 380 g/mol. The van der Waals surface area contributed by atoms with Gasteiger partial charge in [0.2, 0.25) is 5.88 Å². The van der Waals surface area contributed by atoms with Crippen molar-refractivity contribution < 1.29 is 13.5 Å². The van der Waals surface area contributed by atoms with Crippen LogP contribution in [0.25, 0.3) is 10.9 Å². The first kappa shape index (κ1) is 17.9. The zero-order chi connectivity index (χ0) is 19.7. The number of pyridine rings is 1. The second kappa shape index (κ2) is 7.26. The first-order chi connectivity index (χ1) is 13.5. The molecule has 7 heteroatoms. The molecule has 2 heterocycles. The molecule has 1 N–H and O–H groups in total. The molecular weight excluding hydrogens is 362 g/mol. The largest absolute Gasteiger partial charge is 0.438 e. The lowest BCUT2D eigenvalue weighted by Gasteiger charge is -2.09. The van der Waals surface area contributed by atoms with Gasteiger partial charge >= 0.3 is 0 Å². The standard InChI is InChI=1S/C21H18F2N4O/c1-13-21-18(27(26-13)12-14-6-7-15(22)10-17(14)23)4-3-5-19(21)28-20-11-16(24-2)8-9-25-20/h3-11H,12H2,1-2H3,(H,24,25). The van der Waals surface area contributed by atoms with Crippen molar-refractivity contribution in [1.29, 1.82) is 0 Å². The fraction of sp³-hybridized carbons (Fsp3) is 0.143. The molecule has 28 heavy (non-hydrogen) atoms. The number of fused-ring (bicyclic) bond motifs is 1. The van der Waals surface area contributed by atoms with Gasteiger partial charge in [-0.2, -0.15) is 5.10 Å². The number of rotatable bonds is 5. The van der Waals surface area contributed by atoms with Crippen LogP contribution in [-0.4, -0.2) is 21.8 Å². The summed E-state index contributed by atoms with van der Waals surface area (Å²) in [4.78, 5) is 4.24. The molecule has 5 nitrogen and oxygen atoms in total. The number of aryl methyl sites for hydroxylation is 1. The summed E-state index contributed by atoms with van der Waals surface area (Å²) in [5, 5.41) is 8.39. The third kappa shape index (κ3) is 3.38. The van der Waals surface area contributed by atoms with Gasteiger partial charge in [0.25, 0.3) is 0 Å². The normalized spacial score (nSPS) is 11.0. The molecule has 142 valence electrons. The number of hydrogen-bond acceptors (Lipinski definition) is 4. The summed E-state index contributed by atoms with van der Waals surface area (Å²) in [7, 11) is 1.82. The van der Waals surface area contributed by atoms with Crippen molar-refractivity contribution in [2.75, 3.05) is 12.4 Å². The van der Waals surface area contributed by atoms with E-state index in [1.54, 1.807) is 16.9 Å². The second-order valence-corrected chi connectivity index (χ2v) is 6.36. The molecule has 0 aliphatic heterocycles. The summed E-state index contributed by atoms with van der Waals surface area (Å²) >= 11 is 0. The number of halogens is 2. The van der Waals surface area contributed by atoms with E-state index in [0.717, 1.165) is 28.4 Å². The van der Waals surface area contributed by atoms with Gasteiger partial charge in [0, 0.05) is 36.6 Å². The number of hydrogen-bond donors (Lipinski definition) is 1. The predicted octanol–water partition coefficient (Wildman–Crippen LogP) is 4.90. The van der Waals surface area contributed by atoms with E-state index in [2.05, 4.69) is 15.4 Å². The van der Waals surface area contributed by atoms with Crippen molar-refractivity contribution in [3.05, 3.63) is 77.6 Å². The summed E-state index contributed by atoms with van der Waals surface area (Å²) in [5.41, 5.74) is 2.79. The van der Waals surface area contributed by atoms with E-state index >= 15 is 0 Å². The highest BCUT2D eigenvalue weighted by Crippen LogP contribution is 2.32. The van der Waals surface area contributed by atoms with Crippen LogP contribution in [0.1, 0.15) is 11.3 Å². The van der Waals surface area contributed by atoms with Crippen LogP contribution in [-0.2, 0) is 6.54 Å². The number of aromatic nitrogens is 3. The van der Waals surface area contributed by atoms with E-state index in [4.69, 9.17) is 4.74 Å². The van der Waals surface area contributed by atoms with Gasteiger partial charge < -0.3 is 10.1 Å². The highest BCUT2D eigenvalue weighted by atomic mass is 19.1. The van der Waals surface area contributed by atoms with Gasteiger partial charge in [-0.05, 0) is 31.2 Å². The number of nitrogens with one attached hydrogen (secondary N) is 1. The molecule has 4 aromatic rings. The Morgan fingerprint density at radius 1 is 1.11 bits per heavy atom. The van der Waals surface area contributed by atoms with Crippen molar-refractivity contribution in [1.82, 2.24) is 14.8 Å². The predicted molar refractivity (Wildman–Crippen MR) is 104 cm³/mol. The fourth-order valence-electron chi connectivity index (χ4n) is 3.13. The van der Waals surface area contributed by atoms with Crippen LogP contribution in [0.5, 0.6) is 11.6 Å². The quantitative estimate of drug-likeness (QED) is 0.535. The minimum Gasteiger partial charge on any atom is -0.438 e. The topological polar surface area (TPSA) is 52.0 Å². The highest BCUT2D eigenvalue weighted by Gasteiger charge is 2.15. The zero-order valence-corrected chi connectivity index (χ0v) is 15.4. The number of ether oxygens (including phenoxy) is 1. The second-order valence-electron chi connectivity index (χ2n) is 6.36. The zero-order valence-electron chi connectivity index (χ0n) is 15.4. The number of benzene rings is 2. The lowest BCUT2D eigenvalue weighted by molar-refractivity contribution is 0.468. The van der Waals surface area contributed by atoms with Crippen LogP contribution in [0, 0.1) is 18.6 Å². The van der Waals surface area contributed by atoms with E-state index in [1.807, 2.05) is 38.2 Å². The SMILES string of the molecule is CNc1ccnc(Oc2cccc3c2c(C)nn3Cc2ccc(F)cc2F)c1. The summed E-state index contributed by atoms with van der Waals surface area (Å²) < 4.78 is 34.9. The lowest BCUT2D eigenvalue weighted by atomic mass is 10.2. The molecule has 4 rings (SSSR count). The number of anilines is 1. The Morgan fingerprint density at radius 3 is 2.75 bits per heavy atom. The van der Waals surface area contributed by atoms with E-state index in [-0.39, 0.29) is 6.54 Å². The lowest BCUT2D eigenvalue weighted by Crippen LogP contribution is -2.04. The molecule has 0 amide bonds. The smallest absolute Gasteiger partial charge is 0.221 e. The van der Waals surface area contributed by atoms with Crippen molar-refractivity contribution in [3.63, 3.8) is 0 Å². The first-order valence-corrected chi connectivity index (χ1v) is 8.77. The minimum atomic E-state index is -0.602. The van der Waals surface area contributed by atoms with Crippen molar-refractivity contribution in [2.45, 2.75) is 13.5 Å². The van der Waals surface area contributed by atoms with Gasteiger partial charge in [-0.25, -0.2) is 13.8 Å². The van der Waals surface area contributed by atoms with E-state index in [0.29, 0.717) is 17.2 Å². The van der Waals surface area contributed by atoms with Crippen molar-refractivity contribution >= 4 is 16.6 Å². The maximum Gasteiger partial charge on any atom is 0.221 e. The van der Waals surface area contributed by atoms with Crippen LogP contribution in [0.2, 0.25) is 0 Å². The molecule has 0 atom stereocenters. The molecular formula is C21H18F2N4O. The Bertz CT molecular complexity index is 1160. The summed E-state index contributed by atoms with van der Waals surface area (Å²) in [6.07, 6.45) is 1.66. The van der Waals surface area contributed by atoms with Gasteiger partial charge in [-0.15, -0.1) is 0 Å². The van der Waals surface area contributed by atoms with Crippen molar-refractivity contribution in [3.8, 4) is 11.6 Å². The van der Waals surface area contributed by atoms with Crippen LogP contribution >= 0.6 is 0 Å². The summed E-state index contributed by atoms with van der Waals surface area (Å²) in [5.74, 6) is -0.130. The molecule has 0 unspecified atom stereocenters. The van der Waals surface area contributed by atoms with Gasteiger partial charge in [0.15, 0.2) is 0 Å². The van der Waals surface area contributed by atoms with Gasteiger partial charge in [-0.3, -0.25) is 4.68 Å². The summed E-state index contributed by atoms with van der Waals surface area (Å²) in [6, 6.07) is 12.8. The van der Waals surface area contributed by atoms with Crippen LogP contribution in [0.4, 0.5) is 14.5 Å². The Balaban J connectivity index is 1.72.